The van der Waals surface area contributed by atoms with Crippen molar-refractivity contribution in [2.45, 2.75) is 24.8 Å². The van der Waals surface area contributed by atoms with Crippen molar-refractivity contribution in [1.29, 1.82) is 0 Å². The molecule has 2 rings (SSSR count). The zero-order valence-corrected chi connectivity index (χ0v) is 13.7. The van der Waals surface area contributed by atoms with Gasteiger partial charge in [-0.05, 0) is 41.8 Å². The lowest BCUT2D eigenvalue weighted by molar-refractivity contribution is 0.466. The van der Waals surface area contributed by atoms with Crippen LogP contribution in [0.5, 0.6) is 0 Å². The molecule has 0 saturated carbocycles. The molecule has 2 aromatic carbocycles. The molecule has 21 heavy (non-hydrogen) atoms. The summed E-state index contributed by atoms with van der Waals surface area (Å²) in [5.74, 6) is 0. The molecular formula is C16H18ClNO2S. The van der Waals surface area contributed by atoms with Crippen LogP contribution in [0.1, 0.15) is 18.1 Å². The van der Waals surface area contributed by atoms with Gasteiger partial charge in [-0.1, -0.05) is 42.8 Å². The minimum absolute atomic E-state index is 0.250. The molecule has 0 atom stereocenters. The van der Waals surface area contributed by atoms with E-state index in [0.717, 1.165) is 12.0 Å². The van der Waals surface area contributed by atoms with Crippen LogP contribution in [-0.2, 0) is 23.0 Å². The van der Waals surface area contributed by atoms with E-state index in [1.807, 2.05) is 24.3 Å². The smallest absolute Gasteiger partial charge is 0.207 e. The molecule has 0 N–H and O–H groups in total. The van der Waals surface area contributed by atoms with Crippen LogP contribution in [0, 0.1) is 0 Å². The Morgan fingerprint density at radius 3 is 2.00 bits per heavy atom. The quantitative estimate of drug-likeness (QED) is 0.841. The molecule has 0 fully saturated rings. The monoisotopic (exact) mass is 323 g/mol. The molecule has 0 radical (unpaired) electrons. The fraction of sp³-hybridized carbons (Fsp3) is 0.250. The lowest BCUT2D eigenvalue weighted by Crippen LogP contribution is -2.26. The van der Waals surface area contributed by atoms with Crippen molar-refractivity contribution >= 4 is 21.6 Å². The second-order valence-electron chi connectivity index (χ2n) is 4.89. The summed E-state index contributed by atoms with van der Waals surface area (Å²) in [7, 11) is -1.91. The van der Waals surface area contributed by atoms with Gasteiger partial charge in [0.1, 0.15) is 0 Å². The molecule has 3 nitrogen and oxygen atoms in total. The van der Waals surface area contributed by atoms with Crippen LogP contribution >= 0.6 is 11.6 Å². The lowest BCUT2D eigenvalue weighted by Gasteiger charge is -2.17. The highest BCUT2D eigenvalue weighted by Crippen LogP contribution is 2.19. The Hall–Kier alpha value is -1.36. The highest BCUT2D eigenvalue weighted by molar-refractivity contribution is 7.89. The first kappa shape index (κ1) is 16.0. The molecule has 0 saturated heterocycles. The average Bonchev–Trinajstić information content (AvgIpc) is 2.48. The van der Waals surface area contributed by atoms with E-state index in [-0.39, 0.29) is 4.90 Å². The molecule has 112 valence electrons. The van der Waals surface area contributed by atoms with E-state index in [1.54, 1.807) is 19.2 Å². The molecule has 0 spiro atoms. The number of rotatable bonds is 5. The van der Waals surface area contributed by atoms with Gasteiger partial charge in [-0.15, -0.1) is 0 Å². The average molecular weight is 324 g/mol. The Labute approximate surface area is 131 Å². The molecule has 0 heterocycles. The van der Waals surface area contributed by atoms with E-state index >= 15 is 0 Å². The van der Waals surface area contributed by atoms with Gasteiger partial charge in [-0.3, -0.25) is 0 Å². The number of benzene rings is 2. The summed E-state index contributed by atoms with van der Waals surface area (Å²) in [4.78, 5) is 0.250. The Morgan fingerprint density at radius 1 is 0.952 bits per heavy atom. The van der Waals surface area contributed by atoms with Gasteiger partial charge in [0.2, 0.25) is 10.0 Å². The molecule has 0 unspecified atom stereocenters. The number of hydrogen-bond donors (Lipinski definition) is 0. The number of sulfonamides is 1. The Balaban J connectivity index is 2.17. The van der Waals surface area contributed by atoms with Crippen molar-refractivity contribution in [3.8, 4) is 0 Å². The number of nitrogens with zero attached hydrogens (tertiary/aromatic N) is 1. The number of halogens is 1. The molecule has 0 aliphatic carbocycles. The van der Waals surface area contributed by atoms with Gasteiger partial charge in [0.15, 0.2) is 0 Å². The molecule has 0 aliphatic heterocycles. The summed E-state index contributed by atoms with van der Waals surface area (Å²) in [5, 5.41) is 0.520. The van der Waals surface area contributed by atoms with Crippen LogP contribution in [-0.4, -0.2) is 19.8 Å². The lowest BCUT2D eigenvalue weighted by atomic mass is 10.1. The topological polar surface area (TPSA) is 37.4 Å². The van der Waals surface area contributed by atoms with E-state index in [2.05, 4.69) is 6.92 Å². The minimum Gasteiger partial charge on any atom is -0.207 e. The van der Waals surface area contributed by atoms with Crippen LogP contribution in [0.3, 0.4) is 0 Å². The normalized spacial score (nSPS) is 11.8. The standard InChI is InChI=1S/C16H18ClNO2S/c1-3-13-4-6-14(7-5-13)12-18(2)21(19,20)16-10-8-15(17)9-11-16/h4-11H,3,12H2,1-2H3. The van der Waals surface area contributed by atoms with Crippen molar-refractivity contribution in [3.05, 3.63) is 64.7 Å². The first-order valence-electron chi connectivity index (χ1n) is 6.73. The van der Waals surface area contributed by atoms with Crippen molar-refractivity contribution < 1.29 is 8.42 Å². The summed E-state index contributed by atoms with van der Waals surface area (Å²) in [5.41, 5.74) is 2.20. The van der Waals surface area contributed by atoms with Crippen LogP contribution in [0.2, 0.25) is 5.02 Å². The van der Waals surface area contributed by atoms with E-state index in [0.29, 0.717) is 11.6 Å². The SMILES string of the molecule is CCc1ccc(CN(C)S(=O)(=O)c2ccc(Cl)cc2)cc1. The molecule has 0 aliphatic rings. The van der Waals surface area contributed by atoms with Crippen molar-refractivity contribution in [1.82, 2.24) is 4.31 Å². The van der Waals surface area contributed by atoms with Gasteiger partial charge in [0.25, 0.3) is 0 Å². The van der Waals surface area contributed by atoms with Gasteiger partial charge >= 0.3 is 0 Å². The van der Waals surface area contributed by atoms with E-state index in [9.17, 15) is 8.42 Å². The second kappa shape index (κ2) is 6.60. The van der Waals surface area contributed by atoms with Gasteiger partial charge in [0, 0.05) is 18.6 Å². The van der Waals surface area contributed by atoms with E-state index in [1.165, 1.54) is 22.0 Å². The fourth-order valence-electron chi connectivity index (χ4n) is 2.01. The van der Waals surface area contributed by atoms with Gasteiger partial charge in [-0.25, -0.2) is 8.42 Å². The molecule has 0 amide bonds. The van der Waals surface area contributed by atoms with Gasteiger partial charge in [0.05, 0.1) is 4.90 Å². The summed E-state index contributed by atoms with van der Waals surface area (Å²) in [6.07, 6.45) is 0.971. The van der Waals surface area contributed by atoms with E-state index < -0.39 is 10.0 Å². The van der Waals surface area contributed by atoms with Crippen molar-refractivity contribution in [3.63, 3.8) is 0 Å². The first-order chi connectivity index (χ1) is 9.93. The van der Waals surface area contributed by atoms with Crippen LogP contribution < -0.4 is 0 Å². The summed E-state index contributed by atoms with van der Waals surface area (Å²) < 4.78 is 26.3. The summed E-state index contributed by atoms with van der Waals surface area (Å²) in [6, 6.07) is 14.2. The Kier molecular flexibility index (Phi) is 5.04. The third-order valence-electron chi connectivity index (χ3n) is 3.36. The zero-order valence-electron chi connectivity index (χ0n) is 12.1. The highest BCUT2D eigenvalue weighted by Gasteiger charge is 2.20. The Morgan fingerprint density at radius 2 is 1.48 bits per heavy atom. The van der Waals surface area contributed by atoms with Gasteiger partial charge < -0.3 is 0 Å². The minimum atomic E-state index is -3.49. The van der Waals surface area contributed by atoms with Gasteiger partial charge in [-0.2, -0.15) is 4.31 Å². The fourth-order valence-corrected chi connectivity index (χ4v) is 3.29. The molecular weight excluding hydrogens is 306 g/mol. The second-order valence-corrected chi connectivity index (χ2v) is 7.37. The maximum absolute atomic E-state index is 12.5. The molecule has 5 heteroatoms. The van der Waals surface area contributed by atoms with Crippen molar-refractivity contribution in [2.24, 2.45) is 0 Å². The molecule has 0 aromatic heterocycles. The molecule has 2 aromatic rings. The Bertz CT molecular complexity index is 694. The summed E-state index contributed by atoms with van der Waals surface area (Å²) >= 11 is 5.79. The number of aryl methyl sites for hydroxylation is 1. The van der Waals surface area contributed by atoms with Crippen LogP contribution in [0.25, 0.3) is 0 Å². The predicted molar refractivity (Wildman–Crippen MR) is 85.9 cm³/mol. The number of hydrogen-bond acceptors (Lipinski definition) is 2. The van der Waals surface area contributed by atoms with Crippen LogP contribution in [0.4, 0.5) is 0 Å². The highest BCUT2D eigenvalue weighted by atomic mass is 35.5. The van der Waals surface area contributed by atoms with Crippen molar-refractivity contribution in [2.75, 3.05) is 7.05 Å². The third kappa shape index (κ3) is 3.84. The molecule has 0 bridgehead atoms. The summed E-state index contributed by atoms with van der Waals surface area (Å²) in [6.45, 7) is 2.43. The predicted octanol–water partition coefficient (Wildman–Crippen LogP) is 3.72. The van der Waals surface area contributed by atoms with E-state index in [4.69, 9.17) is 11.6 Å². The maximum Gasteiger partial charge on any atom is 0.243 e. The first-order valence-corrected chi connectivity index (χ1v) is 8.55. The zero-order chi connectivity index (χ0) is 15.5. The third-order valence-corrected chi connectivity index (χ3v) is 5.43. The van der Waals surface area contributed by atoms with Crippen LogP contribution in [0.15, 0.2) is 53.4 Å². The maximum atomic E-state index is 12.5. The largest absolute Gasteiger partial charge is 0.243 e.